The predicted octanol–water partition coefficient (Wildman–Crippen LogP) is 4.34. The van der Waals surface area contributed by atoms with Crippen LogP contribution >= 0.6 is 0 Å². The maximum absolute atomic E-state index is 13.4. The molecule has 1 fully saturated rings. The molecule has 1 aliphatic carbocycles. The Morgan fingerprint density at radius 3 is 2.39 bits per heavy atom. The largest absolute Gasteiger partial charge is 0.353 e. The molecular formula is C24H29FN2O3S. The van der Waals surface area contributed by atoms with Crippen LogP contribution in [0.1, 0.15) is 62.1 Å². The molecule has 1 aliphatic heterocycles. The van der Waals surface area contributed by atoms with Crippen LogP contribution in [0, 0.1) is 5.82 Å². The van der Waals surface area contributed by atoms with E-state index < -0.39 is 21.9 Å². The summed E-state index contributed by atoms with van der Waals surface area (Å²) in [4.78, 5) is 13.0. The maximum atomic E-state index is 13.4. The van der Waals surface area contributed by atoms with Crippen molar-refractivity contribution in [3.8, 4) is 0 Å². The first-order chi connectivity index (χ1) is 14.9. The van der Waals surface area contributed by atoms with Crippen LogP contribution in [0.2, 0.25) is 0 Å². The van der Waals surface area contributed by atoms with Crippen LogP contribution in [-0.4, -0.2) is 31.2 Å². The van der Waals surface area contributed by atoms with Gasteiger partial charge in [0.05, 0.1) is 10.9 Å². The van der Waals surface area contributed by atoms with E-state index in [4.69, 9.17) is 0 Å². The highest BCUT2D eigenvalue weighted by molar-refractivity contribution is 7.89. The SMILES string of the molecule is O=C(CC1c2ccccc2CCN1S(=O)(=O)c1ccc(F)cc1)NC1CCCCCC1. The molecule has 1 N–H and O–H groups in total. The minimum Gasteiger partial charge on any atom is -0.353 e. The highest BCUT2D eigenvalue weighted by atomic mass is 32.2. The Hall–Kier alpha value is -2.25. The molecule has 0 saturated heterocycles. The second-order valence-corrected chi connectivity index (χ2v) is 10.4. The zero-order valence-corrected chi connectivity index (χ0v) is 18.4. The van der Waals surface area contributed by atoms with E-state index in [1.807, 2.05) is 24.3 Å². The third-order valence-corrected chi connectivity index (χ3v) is 8.30. The van der Waals surface area contributed by atoms with E-state index in [9.17, 15) is 17.6 Å². The van der Waals surface area contributed by atoms with Gasteiger partial charge in [-0.2, -0.15) is 4.31 Å². The first kappa shape index (κ1) is 22.0. The van der Waals surface area contributed by atoms with Gasteiger partial charge in [-0.3, -0.25) is 4.79 Å². The van der Waals surface area contributed by atoms with Crippen molar-refractivity contribution in [2.75, 3.05) is 6.54 Å². The molecule has 4 rings (SSSR count). The van der Waals surface area contributed by atoms with Crippen molar-refractivity contribution in [2.45, 2.75) is 68.3 Å². The standard InChI is InChI=1S/C24H29FN2O3S/c25-19-11-13-21(14-12-19)31(29,30)27-16-15-18-7-5-6-10-22(18)23(27)17-24(28)26-20-8-3-1-2-4-9-20/h5-7,10-14,20,23H,1-4,8-9,15-17H2,(H,26,28). The zero-order chi connectivity index (χ0) is 21.8. The number of benzene rings is 2. The van der Waals surface area contributed by atoms with Crippen LogP contribution in [0.25, 0.3) is 0 Å². The molecule has 1 atom stereocenters. The van der Waals surface area contributed by atoms with E-state index in [1.54, 1.807) is 0 Å². The Balaban J connectivity index is 1.60. The minimum atomic E-state index is -3.87. The van der Waals surface area contributed by atoms with Gasteiger partial charge in [-0.05, 0) is 54.7 Å². The number of sulfonamides is 1. The number of hydrogen-bond acceptors (Lipinski definition) is 3. The van der Waals surface area contributed by atoms with Gasteiger partial charge >= 0.3 is 0 Å². The molecule has 1 unspecified atom stereocenters. The van der Waals surface area contributed by atoms with Crippen molar-refractivity contribution >= 4 is 15.9 Å². The molecule has 1 heterocycles. The van der Waals surface area contributed by atoms with Crippen molar-refractivity contribution in [3.63, 3.8) is 0 Å². The highest BCUT2D eigenvalue weighted by Gasteiger charge is 2.37. The minimum absolute atomic E-state index is 0.0439. The Labute approximate surface area is 183 Å². The third-order valence-electron chi connectivity index (χ3n) is 6.38. The number of nitrogens with one attached hydrogen (secondary N) is 1. The van der Waals surface area contributed by atoms with E-state index in [-0.39, 0.29) is 29.8 Å². The molecule has 31 heavy (non-hydrogen) atoms. The van der Waals surface area contributed by atoms with E-state index in [1.165, 1.54) is 29.3 Å². The van der Waals surface area contributed by atoms with Crippen LogP contribution in [0.3, 0.4) is 0 Å². The molecule has 2 aliphatic rings. The average Bonchev–Trinajstić information content (AvgIpc) is 3.02. The van der Waals surface area contributed by atoms with Crippen molar-refractivity contribution in [3.05, 3.63) is 65.5 Å². The zero-order valence-electron chi connectivity index (χ0n) is 17.6. The normalized spacial score (nSPS) is 20.6. The molecule has 2 aromatic carbocycles. The van der Waals surface area contributed by atoms with E-state index in [0.717, 1.165) is 48.9 Å². The molecule has 0 spiro atoms. The Morgan fingerprint density at radius 2 is 1.68 bits per heavy atom. The number of amides is 1. The summed E-state index contributed by atoms with van der Waals surface area (Å²) in [5.74, 6) is -0.602. The van der Waals surface area contributed by atoms with Crippen molar-refractivity contribution in [1.82, 2.24) is 9.62 Å². The molecule has 2 aromatic rings. The second-order valence-electron chi connectivity index (χ2n) is 8.49. The lowest BCUT2D eigenvalue weighted by molar-refractivity contribution is -0.122. The lowest BCUT2D eigenvalue weighted by Crippen LogP contribution is -2.43. The molecule has 5 nitrogen and oxygen atoms in total. The summed E-state index contributed by atoms with van der Waals surface area (Å²) in [6, 6.07) is 12.2. The fourth-order valence-corrected chi connectivity index (χ4v) is 6.36. The lowest BCUT2D eigenvalue weighted by Gasteiger charge is -2.36. The number of nitrogens with zero attached hydrogens (tertiary/aromatic N) is 1. The number of hydrogen-bond donors (Lipinski definition) is 1. The summed E-state index contributed by atoms with van der Waals surface area (Å²) in [6.45, 7) is 0.290. The smallest absolute Gasteiger partial charge is 0.243 e. The Morgan fingerprint density at radius 1 is 1.00 bits per heavy atom. The molecule has 0 radical (unpaired) electrons. The van der Waals surface area contributed by atoms with Gasteiger partial charge in [0.2, 0.25) is 15.9 Å². The van der Waals surface area contributed by atoms with Crippen LogP contribution < -0.4 is 5.32 Å². The number of halogens is 1. The Kier molecular flexibility index (Phi) is 6.72. The fourth-order valence-electron chi connectivity index (χ4n) is 4.76. The topological polar surface area (TPSA) is 66.5 Å². The van der Waals surface area contributed by atoms with Crippen molar-refractivity contribution in [1.29, 1.82) is 0 Å². The third kappa shape index (κ3) is 4.99. The average molecular weight is 445 g/mol. The monoisotopic (exact) mass is 444 g/mol. The van der Waals surface area contributed by atoms with Crippen LogP contribution in [0.5, 0.6) is 0 Å². The molecule has 1 amide bonds. The highest BCUT2D eigenvalue weighted by Crippen LogP contribution is 2.36. The van der Waals surface area contributed by atoms with Crippen LogP contribution in [0.15, 0.2) is 53.4 Å². The number of fused-ring (bicyclic) bond motifs is 1. The van der Waals surface area contributed by atoms with E-state index in [0.29, 0.717) is 6.42 Å². The van der Waals surface area contributed by atoms with Gasteiger partial charge in [-0.1, -0.05) is 49.9 Å². The molecule has 0 aromatic heterocycles. The second kappa shape index (κ2) is 9.49. The van der Waals surface area contributed by atoms with Gasteiger partial charge in [-0.25, -0.2) is 12.8 Å². The summed E-state index contributed by atoms with van der Waals surface area (Å²) < 4.78 is 41.6. The Bertz CT molecular complexity index is 1020. The lowest BCUT2D eigenvalue weighted by atomic mass is 9.92. The fraction of sp³-hybridized carbons (Fsp3) is 0.458. The van der Waals surface area contributed by atoms with Gasteiger partial charge in [0, 0.05) is 19.0 Å². The summed E-state index contributed by atoms with van der Waals surface area (Å²) in [7, 11) is -3.87. The molecule has 166 valence electrons. The summed E-state index contributed by atoms with van der Waals surface area (Å²) >= 11 is 0. The molecule has 0 bridgehead atoms. The van der Waals surface area contributed by atoms with E-state index in [2.05, 4.69) is 5.32 Å². The van der Waals surface area contributed by atoms with Crippen molar-refractivity contribution < 1.29 is 17.6 Å². The molecular weight excluding hydrogens is 415 g/mol. The van der Waals surface area contributed by atoms with E-state index >= 15 is 0 Å². The van der Waals surface area contributed by atoms with Gasteiger partial charge in [0.1, 0.15) is 5.82 Å². The summed E-state index contributed by atoms with van der Waals surface area (Å²) in [5, 5.41) is 3.15. The van der Waals surface area contributed by atoms with Crippen LogP contribution in [-0.2, 0) is 21.2 Å². The number of carbonyl (C=O) groups is 1. The summed E-state index contributed by atoms with van der Waals surface area (Å²) in [6.07, 6.45) is 7.24. The van der Waals surface area contributed by atoms with Gasteiger partial charge in [0.25, 0.3) is 0 Å². The van der Waals surface area contributed by atoms with Gasteiger partial charge in [0.15, 0.2) is 0 Å². The number of carbonyl (C=O) groups excluding carboxylic acids is 1. The molecule has 1 saturated carbocycles. The first-order valence-electron chi connectivity index (χ1n) is 11.1. The number of rotatable bonds is 5. The van der Waals surface area contributed by atoms with Crippen molar-refractivity contribution in [2.24, 2.45) is 0 Å². The van der Waals surface area contributed by atoms with Crippen LogP contribution in [0.4, 0.5) is 4.39 Å². The quantitative estimate of drug-likeness (QED) is 0.698. The first-order valence-corrected chi connectivity index (χ1v) is 12.5. The predicted molar refractivity (Wildman–Crippen MR) is 117 cm³/mol. The summed E-state index contributed by atoms with van der Waals surface area (Å²) in [5.41, 5.74) is 1.94. The molecule has 7 heteroatoms. The van der Waals surface area contributed by atoms with Gasteiger partial charge < -0.3 is 5.32 Å². The maximum Gasteiger partial charge on any atom is 0.243 e. The van der Waals surface area contributed by atoms with Gasteiger partial charge in [-0.15, -0.1) is 0 Å².